The highest BCUT2D eigenvalue weighted by molar-refractivity contribution is 5.76. The molecule has 0 radical (unpaired) electrons. The minimum Gasteiger partial charge on any atom is -0.493 e. The zero-order valence-electron chi connectivity index (χ0n) is 20.9. The first kappa shape index (κ1) is 25.0. The number of nitrogens with zero attached hydrogens (tertiary/aromatic N) is 1. The predicted molar refractivity (Wildman–Crippen MR) is 128 cm³/mol. The molecule has 6 atom stereocenters. The number of aliphatic carboxylic acids is 1. The van der Waals surface area contributed by atoms with Gasteiger partial charge in [-0.25, -0.2) is 4.79 Å². The Hall–Kier alpha value is -2.66. The molecule has 0 amide bonds. The number of methoxy groups -OCH3 is 1. The van der Waals surface area contributed by atoms with Gasteiger partial charge in [0.05, 0.1) is 24.7 Å². The largest absolute Gasteiger partial charge is 0.493 e. The number of benzene rings is 1. The van der Waals surface area contributed by atoms with E-state index < -0.39 is 41.2 Å². The molecule has 1 aromatic carbocycles. The van der Waals surface area contributed by atoms with E-state index in [2.05, 4.69) is 4.90 Å². The Kier molecular flexibility index (Phi) is 6.27. The van der Waals surface area contributed by atoms with Crippen molar-refractivity contribution in [2.75, 3.05) is 27.3 Å². The number of carbonyl (C=O) groups is 2. The van der Waals surface area contributed by atoms with Crippen LogP contribution >= 0.6 is 0 Å². The Labute approximate surface area is 209 Å². The zero-order valence-corrected chi connectivity index (χ0v) is 20.9. The monoisotopic (exact) mass is 502 g/mol. The average molecular weight is 503 g/mol. The van der Waals surface area contributed by atoms with Gasteiger partial charge >= 0.3 is 11.9 Å². The Bertz CT molecular complexity index is 1110. The Morgan fingerprint density at radius 1 is 1.36 bits per heavy atom. The molecule has 1 aromatic rings. The second-order valence-electron chi connectivity index (χ2n) is 10.4. The van der Waals surface area contributed by atoms with E-state index in [1.165, 1.54) is 0 Å². The van der Waals surface area contributed by atoms with Gasteiger partial charge in [0, 0.05) is 30.5 Å². The van der Waals surface area contributed by atoms with Crippen LogP contribution in [-0.4, -0.2) is 84.3 Å². The molecule has 2 aliphatic carbocycles. The highest BCUT2D eigenvalue weighted by Crippen LogP contribution is 2.65. The van der Waals surface area contributed by atoms with Crippen LogP contribution in [0.15, 0.2) is 24.0 Å². The first-order valence-corrected chi connectivity index (χ1v) is 12.4. The number of carboxylic acid groups (broad SMARTS) is 1. The standard InChI is InChI=1S/C26H34N2O8/c1-14(34-13-16(27)5-7-20(29)30)24(31)35-18-8-9-26(32)19-12-15-4-6-17(33-3)22-21(15)25(26,23(18)36-22)10-11-28(19)2/h4,6,8,14,16,19,23,32H,5,7,9-13,27H2,1-3H3,(H,29,30)/t14-,16-,19+,23-,25-,26+/m0/s1. The van der Waals surface area contributed by atoms with Gasteiger partial charge in [-0.15, -0.1) is 0 Å². The number of carbonyl (C=O) groups excluding carboxylic acids is 1. The summed E-state index contributed by atoms with van der Waals surface area (Å²) in [5, 5.41) is 21.0. The fraction of sp³-hybridized carbons (Fsp3) is 0.615. The topological polar surface area (TPSA) is 141 Å². The highest BCUT2D eigenvalue weighted by Gasteiger charge is 2.72. The van der Waals surface area contributed by atoms with Crippen LogP contribution < -0.4 is 15.2 Å². The van der Waals surface area contributed by atoms with E-state index in [1.54, 1.807) is 20.1 Å². The molecule has 1 fully saturated rings. The van der Waals surface area contributed by atoms with Gasteiger partial charge in [0.1, 0.15) is 5.76 Å². The van der Waals surface area contributed by atoms with Gasteiger partial charge in [-0.2, -0.15) is 0 Å². The van der Waals surface area contributed by atoms with Crippen molar-refractivity contribution in [3.05, 3.63) is 35.1 Å². The van der Waals surface area contributed by atoms with Crippen molar-refractivity contribution in [2.24, 2.45) is 5.73 Å². The van der Waals surface area contributed by atoms with Crippen molar-refractivity contribution in [2.45, 2.75) is 74.3 Å². The number of rotatable bonds is 9. The molecule has 1 spiro atoms. The molecular weight excluding hydrogens is 468 g/mol. The van der Waals surface area contributed by atoms with Crippen molar-refractivity contribution in [3.8, 4) is 11.5 Å². The van der Waals surface area contributed by atoms with Gasteiger partial charge in [0.15, 0.2) is 23.7 Å². The number of piperidine rings is 1. The van der Waals surface area contributed by atoms with Crippen LogP contribution in [0.4, 0.5) is 0 Å². The predicted octanol–water partition coefficient (Wildman–Crippen LogP) is 1.11. The number of aliphatic hydroxyl groups is 1. The van der Waals surface area contributed by atoms with Gasteiger partial charge in [-0.3, -0.25) is 4.79 Å². The third kappa shape index (κ3) is 3.61. The van der Waals surface area contributed by atoms with Crippen molar-refractivity contribution >= 4 is 11.9 Å². The molecule has 0 unspecified atom stereocenters. The van der Waals surface area contributed by atoms with E-state index in [1.807, 2.05) is 19.2 Å². The maximum atomic E-state index is 13.0. The van der Waals surface area contributed by atoms with E-state index in [4.69, 9.17) is 29.8 Å². The number of nitrogens with two attached hydrogens (primary N) is 1. The van der Waals surface area contributed by atoms with Crippen LogP contribution in [-0.2, 0) is 30.9 Å². The Morgan fingerprint density at radius 3 is 2.86 bits per heavy atom. The van der Waals surface area contributed by atoms with Gasteiger partial charge in [-0.05, 0) is 57.5 Å². The lowest BCUT2D eigenvalue weighted by atomic mass is 9.50. The molecule has 2 aliphatic heterocycles. The summed E-state index contributed by atoms with van der Waals surface area (Å²) in [4.78, 5) is 25.9. The Balaban J connectivity index is 1.40. The molecule has 1 saturated heterocycles. The minimum atomic E-state index is -1.08. The van der Waals surface area contributed by atoms with Crippen molar-refractivity contribution < 1.29 is 38.7 Å². The van der Waals surface area contributed by atoms with Crippen LogP contribution in [0.1, 0.15) is 43.7 Å². The number of carboxylic acids is 1. The number of ether oxygens (including phenoxy) is 4. The smallest absolute Gasteiger partial charge is 0.340 e. The van der Waals surface area contributed by atoms with Gasteiger partial charge in [0.2, 0.25) is 0 Å². The lowest BCUT2D eigenvalue weighted by molar-refractivity contribution is -0.173. The van der Waals surface area contributed by atoms with Gasteiger partial charge < -0.3 is 39.8 Å². The molecular formula is C26H34N2O8. The second kappa shape index (κ2) is 9.02. The molecule has 2 heterocycles. The zero-order chi connectivity index (χ0) is 25.8. The number of hydrogen-bond donors (Lipinski definition) is 3. The first-order valence-electron chi connectivity index (χ1n) is 12.4. The molecule has 0 aromatic heterocycles. The van der Waals surface area contributed by atoms with Crippen molar-refractivity contribution in [1.29, 1.82) is 0 Å². The fourth-order valence-corrected chi connectivity index (χ4v) is 6.52. The summed E-state index contributed by atoms with van der Waals surface area (Å²) in [6, 6.07) is 3.34. The summed E-state index contributed by atoms with van der Waals surface area (Å²) < 4.78 is 23.5. The molecule has 5 rings (SSSR count). The molecule has 10 heteroatoms. The molecule has 4 aliphatic rings. The van der Waals surface area contributed by atoms with Gasteiger partial charge in [0.25, 0.3) is 0 Å². The summed E-state index contributed by atoms with van der Waals surface area (Å²) in [5.41, 5.74) is 6.15. The molecule has 2 bridgehead atoms. The molecule has 10 nitrogen and oxygen atoms in total. The Morgan fingerprint density at radius 2 is 2.14 bits per heavy atom. The summed E-state index contributed by atoms with van der Waals surface area (Å²) in [5.74, 6) is 0.0388. The lowest BCUT2D eigenvalue weighted by Gasteiger charge is -2.61. The van der Waals surface area contributed by atoms with E-state index in [-0.39, 0.29) is 25.5 Å². The normalized spacial score (nSPS) is 31.5. The van der Waals surface area contributed by atoms with Crippen LogP contribution in [0.25, 0.3) is 0 Å². The lowest BCUT2D eigenvalue weighted by Crippen LogP contribution is -2.74. The first-order chi connectivity index (χ1) is 17.1. The van der Waals surface area contributed by atoms with Crippen molar-refractivity contribution in [1.82, 2.24) is 4.90 Å². The third-order valence-corrected chi connectivity index (χ3v) is 8.40. The summed E-state index contributed by atoms with van der Waals surface area (Å²) in [6.45, 7) is 2.38. The summed E-state index contributed by atoms with van der Waals surface area (Å²) in [6.07, 6.45) is 2.04. The molecule has 196 valence electrons. The third-order valence-electron chi connectivity index (χ3n) is 8.40. The maximum Gasteiger partial charge on any atom is 0.340 e. The maximum absolute atomic E-state index is 13.0. The van der Waals surface area contributed by atoms with Crippen molar-refractivity contribution in [3.63, 3.8) is 0 Å². The highest BCUT2D eigenvalue weighted by atomic mass is 16.6. The summed E-state index contributed by atoms with van der Waals surface area (Å²) >= 11 is 0. The second-order valence-corrected chi connectivity index (χ2v) is 10.4. The summed E-state index contributed by atoms with van der Waals surface area (Å²) in [7, 11) is 3.62. The van der Waals surface area contributed by atoms with Crippen LogP contribution in [0, 0.1) is 0 Å². The van der Waals surface area contributed by atoms with Crippen LogP contribution in [0.3, 0.4) is 0 Å². The quantitative estimate of drug-likeness (QED) is 0.421. The van der Waals surface area contributed by atoms with E-state index in [0.717, 1.165) is 17.7 Å². The average Bonchev–Trinajstić information content (AvgIpc) is 3.20. The number of likely N-dealkylation sites (tertiary alicyclic amines) is 1. The van der Waals surface area contributed by atoms with E-state index in [0.29, 0.717) is 36.5 Å². The number of likely N-dealkylation sites (N-methyl/N-ethyl adjacent to an activating group) is 1. The fourth-order valence-electron chi connectivity index (χ4n) is 6.52. The SMILES string of the molecule is COc1ccc2c3c1O[C@H]1C(OC(=O)[C@H](C)OC[C@@H](N)CCC(=O)O)=CC[C@@]4(O)[C@@H](C2)N(C)CC[C@]314. The molecule has 4 N–H and O–H groups in total. The van der Waals surface area contributed by atoms with Crippen LogP contribution in [0.5, 0.6) is 11.5 Å². The van der Waals surface area contributed by atoms with Crippen LogP contribution in [0.2, 0.25) is 0 Å². The van der Waals surface area contributed by atoms with E-state index >= 15 is 0 Å². The molecule has 0 saturated carbocycles. The number of esters is 1. The minimum absolute atomic E-state index is 0.0340. The van der Waals surface area contributed by atoms with Gasteiger partial charge in [-0.1, -0.05) is 6.07 Å². The van der Waals surface area contributed by atoms with E-state index in [9.17, 15) is 14.7 Å². The molecule has 36 heavy (non-hydrogen) atoms. The number of hydrogen-bond acceptors (Lipinski definition) is 9.